The van der Waals surface area contributed by atoms with Crippen molar-refractivity contribution in [2.45, 2.75) is 18.9 Å². The number of halogens is 1. The predicted molar refractivity (Wildman–Crippen MR) is 65.2 cm³/mol. The quantitative estimate of drug-likeness (QED) is 0.875. The number of aromatic nitrogens is 1. The van der Waals surface area contributed by atoms with Crippen LogP contribution in [0, 0.1) is 0 Å². The maximum atomic E-state index is 10.6. The SMILES string of the molecule is NC(=O)OC1CCN(c2ccc(Cl)cn2)CC1. The Morgan fingerprint density at radius 1 is 1.47 bits per heavy atom. The molecule has 17 heavy (non-hydrogen) atoms. The van der Waals surface area contributed by atoms with Crippen LogP contribution in [0.2, 0.25) is 5.02 Å². The highest BCUT2D eigenvalue weighted by Crippen LogP contribution is 2.20. The molecule has 1 aliphatic rings. The van der Waals surface area contributed by atoms with Gasteiger partial charge in [-0.1, -0.05) is 11.6 Å². The summed E-state index contributed by atoms with van der Waals surface area (Å²) in [5.74, 6) is 0.895. The lowest BCUT2D eigenvalue weighted by molar-refractivity contribution is 0.0911. The molecular weight excluding hydrogens is 242 g/mol. The lowest BCUT2D eigenvalue weighted by atomic mass is 10.1. The second-order valence-corrected chi connectivity index (χ2v) is 4.39. The third-order valence-electron chi connectivity index (χ3n) is 2.76. The monoisotopic (exact) mass is 255 g/mol. The molecule has 1 aromatic rings. The summed E-state index contributed by atoms with van der Waals surface area (Å²) in [5, 5.41) is 0.626. The van der Waals surface area contributed by atoms with Gasteiger partial charge in [-0.25, -0.2) is 9.78 Å². The minimum Gasteiger partial charge on any atom is -0.446 e. The van der Waals surface area contributed by atoms with Crippen molar-refractivity contribution in [3.8, 4) is 0 Å². The molecule has 92 valence electrons. The van der Waals surface area contributed by atoms with Gasteiger partial charge in [-0.3, -0.25) is 0 Å². The zero-order valence-electron chi connectivity index (χ0n) is 9.30. The Kier molecular flexibility index (Phi) is 3.68. The molecule has 6 heteroatoms. The van der Waals surface area contributed by atoms with Crippen LogP contribution in [0.3, 0.4) is 0 Å². The van der Waals surface area contributed by atoms with Crippen molar-refractivity contribution in [1.82, 2.24) is 4.98 Å². The first kappa shape index (κ1) is 12.0. The van der Waals surface area contributed by atoms with Gasteiger partial charge in [0.15, 0.2) is 0 Å². The number of primary amides is 1. The topological polar surface area (TPSA) is 68.5 Å². The Labute approximate surface area is 105 Å². The standard InChI is InChI=1S/C11H14ClN3O2/c12-8-1-2-10(14-7-8)15-5-3-9(4-6-15)17-11(13)16/h1-2,7,9H,3-6H2,(H2,13,16). The van der Waals surface area contributed by atoms with E-state index in [1.165, 1.54) is 0 Å². The van der Waals surface area contributed by atoms with Gasteiger partial charge in [-0.05, 0) is 12.1 Å². The van der Waals surface area contributed by atoms with Crippen molar-refractivity contribution < 1.29 is 9.53 Å². The van der Waals surface area contributed by atoms with E-state index in [0.717, 1.165) is 31.7 Å². The van der Waals surface area contributed by atoms with Crippen LogP contribution in [0.25, 0.3) is 0 Å². The van der Waals surface area contributed by atoms with Crippen LogP contribution in [0.1, 0.15) is 12.8 Å². The Bertz CT molecular complexity index is 388. The maximum Gasteiger partial charge on any atom is 0.404 e. The van der Waals surface area contributed by atoms with Gasteiger partial charge in [0.25, 0.3) is 0 Å². The number of nitrogens with zero attached hydrogens (tertiary/aromatic N) is 2. The molecule has 2 rings (SSSR count). The Morgan fingerprint density at radius 2 is 2.18 bits per heavy atom. The van der Waals surface area contributed by atoms with Crippen molar-refractivity contribution in [2.75, 3.05) is 18.0 Å². The molecule has 2 N–H and O–H groups in total. The van der Waals surface area contributed by atoms with Crippen LogP contribution in [0.15, 0.2) is 18.3 Å². The number of hydrogen-bond acceptors (Lipinski definition) is 4. The lowest BCUT2D eigenvalue weighted by Gasteiger charge is -2.32. The summed E-state index contributed by atoms with van der Waals surface area (Å²) in [5.41, 5.74) is 4.98. The van der Waals surface area contributed by atoms with E-state index in [0.29, 0.717) is 5.02 Å². The van der Waals surface area contributed by atoms with Gasteiger partial charge in [0.2, 0.25) is 0 Å². The van der Waals surface area contributed by atoms with E-state index < -0.39 is 6.09 Å². The van der Waals surface area contributed by atoms with Gasteiger partial charge < -0.3 is 15.4 Å². The summed E-state index contributed by atoms with van der Waals surface area (Å²) in [6.45, 7) is 1.60. The average Bonchev–Trinajstić information content (AvgIpc) is 2.30. The number of nitrogens with two attached hydrogens (primary N) is 1. The highest BCUT2D eigenvalue weighted by molar-refractivity contribution is 6.30. The Hall–Kier alpha value is -1.49. The minimum atomic E-state index is -0.701. The van der Waals surface area contributed by atoms with Crippen molar-refractivity contribution in [2.24, 2.45) is 5.73 Å². The molecule has 0 bridgehead atoms. The molecular formula is C11H14ClN3O2. The number of ether oxygens (including phenoxy) is 1. The van der Waals surface area contributed by atoms with Gasteiger partial charge in [0.1, 0.15) is 11.9 Å². The second-order valence-electron chi connectivity index (χ2n) is 3.96. The summed E-state index contributed by atoms with van der Waals surface area (Å²) in [7, 11) is 0. The molecule has 0 saturated carbocycles. The molecule has 1 aromatic heterocycles. The van der Waals surface area contributed by atoms with Crippen molar-refractivity contribution in [1.29, 1.82) is 0 Å². The largest absolute Gasteiger partial charge is 0.446 e. The van der Waals surface area contributed by atoms with Gasteiger partial charge >= 0.3 is 6.09 Å². The first-order valence-corrected chi connectivity index (χ1v) is 5.85. The second kappa shape index (κ2) is 5.23. The number of carbonyl (C=O) groups is 1. The molecule has 0 radical (unpaired) electrons. The minimum absolute atomic E-state index is 0.0731. The van der Waals surface area contributed by atoms with Crippen LogP contribution >= 0.6 is 11.6 Å². The molecule has 1 saturated heterocycles. The van der Waals surface area contributed by atoms with Gasteiger partial charge in [-0.15, -0.1) is 0 Å². The van der Waals surface area contributed by atoms with Gasteiger partial charge in [-0.2, -0.15) is 0 Å². The predicted octanol–water partition coefficient (Wildman–Crippen LogP) is 1.80. The van der Waals surface area contributed by atoms with Crippen molar-refractivity contribution >= 4 is 23.5 Å². The fourth-order valence-electron chi connectivity index (χ4n) is 1.92. The molecule has 1 fully saturated rings. The van der Waals surface area contributed by atoms with E-state index in [4.69, 9.17) is 22.1 Å². The number of piperidine rings is 1. The van der Waals surface area contributed by atoms with Gasteiger partial charge in [0.05, 0.1) is 5.02 Å². The summed E-state index contributed by atoms with van der Waals surface area (Å²) >= 11 is 5.78. The first-order chi connectivity index (χ1) is 8.15. The van der Waals surface area contributed by atoms with Gasteiger partial charge in [0, 0.05) is 32.1 Å². The molecule has 0 spiro atoms. The molecule has 2 heterocycles. The number of amides is 1. The fraction of sp³-hybridized carbons (Fsp3) is 0.455. The first-order valence-electron chi connectivity index (χ1n) is 5.48. The Balaban J connectivity index is 1.90. The number of anilines is 1. The van der Waals surface area contributed by atoms with Crippen molar-refractivity contribution in [3.63, 3.8) is 0 Å². The zero-order valence-corrected chi connectivity index (χ0v) is 10.1. The number of hydrogen-bond donors (Lipinski definition) is 1. The van der Waals surface area contributed by atoms with E-state index >= 15 is 0 Å². The lowest BCUT2D eigenvalue weighted by Crippen LogP contribution is -2.39. The Morgan fingerprint density at radius 3 is 2.71 bits per heavy atom. The highest BCUT2D eigenvalue weighted by atomic mass is 35.5. The van der Waals surface area contributed by atoms with Crippen LogP contribution in [-0.4, -0.2) is 30.3 Å². The number of carbonyl (C=O) groups excluding carboxylic acids is 1. The van der Waals surface area contributed by atoms with Crippen molar-refractivity contribution in [3.05, 3.63) is 23.4 Å². The maximum absolute atomic E-state index is 10.6. The zero-order chi connectivity index (χ0) is 12.3. The molecule has 0 aliphatic carbocycles. The molecule has 5 nitrogen and oxygen atoms in total. The molecule has 0 aromatic carbocycles. The summed E-state index contributed by atoms with van der Waals surface area (Å²) in [6.07, 6.45) is 2.40. The summed E-state index contributed by atoms with van der Waals surface area (Å²) < 4.78 is 4.97. The smallest absolute Gasteiger partial charge is 0.404 e. The van der Waals surface area contributed by atoms with E-state index in [1.807, 2.05) is 12.1 Å². The van der Waals surface area contributed by atoms with E-state index in [1.54, 1.807) is 6.20 Å². The third kappa shape index (κ3) is 3.23. The summed E-state index contributed by atoms with van der Waals surface area (Å²) in [6, 6.07) is 3.70. The highest BCUT2D eigenvalue weighted by Gasteiger charge is 2.22. The van der Waals surface area contributed by atoms with Crippen LogP contribution < -0.4 is 10.6 Å². The molecule has 1 aliphatic heterocycles. The van der Waals surface area contributed by atoms with E-state index in [-0.39, 0.29) is 6.10 Å². The van der Waals surface area contributed by atoms with Crippen LogP contribution in [-0.2, 0) is 4.74 Å². The average molecular weight is 256 g/mol. The number of rotatable bonds is 2. The molecule has 0 atom stereocenters. The van der Waals surface area contributed by atoms with Crippen LogP contribution in [0.5, 0.6) is 0 Å². The fourth-order valence-corrected chi connectivity index (χ4v) is 2.03. The van der Waals surface area contributed by atoms with E-state index in [9.17, 15) is 4.79 Å². The van der Waals surface area contributed by atoms with Crippen LogP contribution in [0.4, 0.5) is 10.6 Å². The summed E-state index contributed by atoms with van der Waals surface area (Å²) in [4.78, 5) is 17.0. The van der Waals surface area contributed by atoms with E-state index in [2.05, 4.69) is 9.88 Å². The molecule has 0 unspecified atom stereocenters. The molecule has 1 amide bonds. The number of pyridine rings is 1. The normalized spacial score (nSPS) is 16.9. The third-order valence-corrected chi connectivity index (χ3v) is 2.98.